The van der Waals surface area contributed by atoms with E-state index in [0.717, 1.165) is 18.4 Å². The first-order valence-corrected chi connectivity index (χ1v) is 6.92. The van der Waals surface area contributed by atoms with Crippen LogP contribution in [0.2, 0.25) is 0 Å². The second-order valence-electron chi connectivity index (χ2n) is 4.97. The lowest BCUT2D eigenvalue weighted by atomic mass is 10.1. The molecule has 1 N–H and O–H groups in total. The van der Waals surface area contributed by atoms with Crippen molar-refractivity contribution in [2.24, 2.45) is 11.8 Å². The van der Waals surface area contributed by atoms with E-state index in [9.17, 15) is 0 Å². The van der Waals surface area contributed by atoms with E-state index < -0.39 is 0 Å². The van der Waals surface area contributed by atoms with Crippen molar-refractivity contribution in [3.63, 3.8) is 0 Å². The Hall–Kier alpha value is -0.340. The summed E-state index contributed by atoms with van der Waals surface area (Å²) < 4.78 is 0. The molecule has 1 nitrogen and oxygen atoms in total. The van der Waals surface area contributed by atoms with Crippen molar-refractivity contribution in [2.75, 3.05) is 6.54 Å². The van der Waals surface area contributed by atoms with Gasteiger partial charge in [-0.25, -0.2) is 0 Å². The minimum absolute atomic E-state index is 0.642. The highest BCUT2D eigenvalue weighted by Gasteiger charge is 2.32. The molecule has 0 radical (unpaired) electrons. The Bertz CT molecular complexity index is 275. The van der Waals surface area contributed by atoms with Gasteiger partial charge in [0.1, 0.15) is 0 Å². The first kappa shape index (κ1) is 11.2. The van der Waals surface area contributed by atoms with Crippen LogP contribution in [0.25, 0.3) is 0 Å². The molecule has 2 rings (SSSR count). The van der Waals surface area contributed by atoms with Gasteiger partial charge < -0.3 is 5.32 Å². The van der Waals surface area contributed by atoms with Gasteiger partial charge in [0.2, 0.25) is 0 Å². The Morgan fingerprint density at radius 1 is 1.47 bits per heavy atom. The molecule has 0 amide bonds. The standard InChI is InChI=1S/C13H21NS/c1-10(2)7-8-14-13(11-5-6-11)12-4-3-9-15-12/h3-4,9-11,13-14H,5-8H2,1-2H3. The van der Waals surface area contributed by atoms with E-state index >= 15 is 0 Å². The summed E-state index contributed by atoms with van der Waals surface area (Å²) in [5, 5.41) is 5.92. The van der Waals surface area contributed by atoms with E-state index in [1.54, 1.807) is 0 Å². The highest BCUT2D eigenvalue weighted by molar-refractivity contribution is 7.10. The molecule has 1 aromatic rings. The number of thiophene rings is 1. The Kier molecular flexibility index (Phi) is 3.81. The number of nitrogens with one attached hydrogen (secondary N) is 1. The molecule has 1 atom stereocenters. The van der Waals surface area contributed by atoms with Gasteiger partial charge in [0, 0.05) is 10.9 Å². The third-order valence-corrected chi connectivity index (χ3v) is 3.98. The topological polar surface area (TPSA) is 12.0 Å². The second kappa shape index (κ2) is 5.13. The lowest BCUT2D eigenvalue weighted by molar-refractivity contribution is 0.450. The summed E-state index contributed by atoms with van der Waals surface area (Å²) in [5.41, 5.74) is 0. The molecule has 1 saturated carbocycles. The van der Waals surface area contributed by atoms with Crippen molar-refractivity contribution in [3.8, 4) is 0 Å². The van der Waals surface area contributed by atoms with Crippen molar-refractivity contribution in [2.45, 2.75) is 39.2 Å². The highest BCUT2D eigenvalue weighted by Crippen LogP contribution is 2.42. The molecule has 1 aliphatic carbocycles. The van der Waals surface area contributed by atoms with Crippen LogP contribution < -0.4 is 5.32 Å². The lowest BCUT2D eigenvalue weighted by Crippen LogP contribution is -2.24. The average molecular weight is 223 g/mol. The average Bonchev–Trinajstić information content (AvgIpc) is 2.88. The van der Waals surface area contributed by atoms with Gasteiger partial charge in [0.25, 0.3) is 0 Å². The molecule has 0 spiro atoms. The Morgan fingerprint density at radius 3 is 2.80 bits per heavy atom. The number of hydrogen-bond acceptors (Lipinski definition) is 2. The van der Waals surface area contributed by atoms with E-state index in [0.29, 0.717) is 6.04 Å². The van der Waals surface area contributed by atoms with Crippen molar-refractivity contribution in [1.29, 1.82) is 0 Å². The third-order valence-electron chi connectivity index (χ3n) is 3.03. The van der Waals surface area contributed by atoms with Crippen molar-refractivity contribution in [1.82, 2.24) is 5.32 Å². The summed E-state index contributed by atoms with van der Waals surface area (Å²) in [4.78, 5) is 1.53. The van der Waals surface area contributed by atoms with E-state index in [-0.39, 0.29) is 0 Å². The molecule has 1 aromatic heterocycles. The predicted octanol–water partition coefficient (Wildman–Crippen LogP) is 3.83. The van der Waals surface area contributed by atoms with Crippen LogP contribution in [0.5, 0.6) is 0 Å². The maximum Gasteiger partial charge on any atom is 0.0443 e. The van der Waals surface area contributed by atoms with E-state index in [1.165, 1.54) is 24.1 Å². The summed E-state index contributed by atoms with van der Waals surface area (Å²) in [6.07, 6.45) is 4.11. The van der Waals surface area contributed by atoms with Crippen LogP contribution in [0.15, 0.2) is 17.5 Å². The zero-order valence-corrected chi connectivity index (χ0v) is 10.5. The first-order chi connectivity index (χ1) is 7.27. The van der Waals surface area contributed by atoms with E-state index in [4.69, 9.17) is 0 Å². The molecule has 84 valence electrons. The van der Waals surface area contributed by atoms with Crippen LogP contribution in [0.3, 0.4) is 0 Å². The molecular formula is C13H21NS. The van der Waals surface area contributed by atoms with Crippen LogP contribution in [0.1, 0.15) is 44.0 Å². The van der Waals surface area contributed by atoms with Crippen LogP contribution >= 0.6 is 11.3 Å². The quantitative estimate of drug-likeness (QED) is 0.772. The van der Waals surface area contributed by atoms with Gasteiger partial charge in [-0.05, 0) is 49.1 Å². The third kappa shape index (κ3) is 3.32. The predicted molar refractivity (Wildman–Crippen MR) is 67.2 cm³/mol. The molecule has 0 saturated heterocycles. The largest absolute Gasteiger partial charge is 0.309 e. The summed E-state index contributed by atoms with van der Waals surface area (Å²) in [7, 11) is 0. The maximum atomic E-state index is 3.73. The van der Waals surface area contributed by atoms with Gasteiger partial charge in [-0.1, -0.05) is 19.9 Å². The van der Waals surface area contributed by atoms with Crippen LogP contribution in [-0.4, -0.2) is 6.54 Å². The molecule has 1 unspecified atom stereocenters. The van der Waals surface area contributed by atoms with E-state index in [1.807, 2.05) is 11.3 Å². The SMILES string of the molecule is CC(C)CCNC(c1cccs1)C1CC1. The molecule has 0 aliphatic heterocycles. The summed E-state index contributed by atoms with van der Waals surface area (Å²) in [6.45, 7) is 5.74. The zero-order chi connectivity index (χ0) is 10.7. The van der Waals surface area contributed by atoms with Gasteiger partial charge in [0.15, 0.2) is 0 Å². The van der Waals surface area contributed by atoms with Crippen LogP contribution in [0, 0.1) is 11.8 Å². The first-order valence-electron chi connectivity index (χ1n) is 6.04. The fourth-order valence-corrected chi connectivity index (χ4v) is 2.82. The van der Waals surface area contributed by atoms with Gasteiger partial charge in [-0.2, -0.15) is 0 Å². The molecular weight excluding hydrogens is 202 g/mol. The van der Waals surface area contributed by atoms with Gasteiger partial charge >= 0.3 is 0 Å². The highest BCUT2D eigenvalue weighted by atomic mass is 32.1. The van der Waals surface area contributed by atoms with Crippen molar-refractivity contribution in [3.05, 3.63) is 22.4 Å². The minimum Gasteiger partial charge on any atom is -0.309 e. The summed E-state index contributed by atoms with van der Waals surface area (Å²) in [6, 6.07) is 5.08. The Morgan fingerprint density at radius 2 is 2.27 bits per heavy atom. The lowest BCUT2D eigenvalue weighted by Gasteiger charge is -2.17. The fourth-order valence-electron chi connectivity index (χ4n) is 1.92. The number of hydrogen-bond donors (Lipinski definition) is 1. The van der Waals surface area contributed by atoms with E-state index in [2.05, 4.69) is 36.7 Å². The normalized spacial score (nSPS) is 18.3. The Balaban J connectivity index is 1.84. The molecule has 1 aliphatic rings. The molecule has 0 bridgehead atoms. The molecule has 1 heterocycles. The molecule has 0 aromatic carbocycles. The number of rotatable bonds is 6. The smallest absolute Gasteiger partial charge is 0.0443 e. The van der Waals surface area contributed by atoms with Crippen LogP contribution in [0.4, 0.5) is 0 Å². The van der Waals surface area contributed by atoms with Crippen LogP contribution in [-0.2, 0) is 0 Å². The summed E-state index contributed by atoms with van der Waals surface area (Å²) in [5.74, 6) is 1.72. The minimum atomic E-state index is 0.642. The molecule has 15 heavy (non-hydrogen) atoms. The molecule has 1 fully saturated rings. The Labute approximate surface area is 96.9 Å². The zero-order valence-electron chi connectivity index (χ0n) is 9.70. The van der Waals surface area contributed by atoms with Gasteiger partial charge in [-0.15, -0.1) is 11.3 Å². The summed E-state index contributed by atoms with van der Waals surface area (Å²) >= 11 is 1.90. The maximum absolute atomic E-state index is 3.73. The molecule has 2 heteroatoms. The van der Waals surface area contributed by atoms with Crippen molar-refractivity contribution < 1.29 is 0 Å². The van der Waals surface area contributed by atoms with Crippen molar-refractivity contribution >= 4 is 11.3 Å². The second-order valence-corrected chi connectivity index (χ2v) is 5.95. The monoisotopic (exact) mass is 223 g/mol. The fraction of sp³-hybridized carbons (Fsp3) is 0.692. The van der Waals surface area contributed by atoms with Gasteiger partial charge in [-0.3, -0.25) is 0 Å². The van der Waals surface area contributed by atoms with Gasteiger partial charge in [0.05, 0.1) is 0 Å².